The van der Waals surface area contributed by atoms with Crippen LogP contribution in [0.3, 0.4) is 0 Å². The molecule has 25 heavy (non-hydrogen) atoms. The minimum atomic E-state index is -0.556. The first-order valence-electron chi connectivity index (χ1n) is 7.99. The van der Waals surface area contributed by atoms with Crippen molar-refractivity contribution in [2.45, 2.75) is 25.8 Å². The van der Waals surface area contributed by atoms with Gasteiger partial charge in [0.2, 0.25) is 0 Å². The number of nitrogens with zero attached hydrogens (tertiary/aromatic N) is 1. The molecule has 4 N–H and O–H groups in total. The molecule has 8 heteroatoms. The fourth-order valence-electron chi connectivity index (χ4n) is 2.59. The Morgan fingerprint density at radius 2 is 2.12 bits per heavy atom. The number of aryl methyl sites for hydroxylation is 1. The maximum atomic E-state index is 12.3. The number of benzene rings is 1. The molecule has 0 radical (unpaired) electrons. The zero-order valence-electron chi connectivity index (χ0n) is 13.9. The molecule has 1 atom stereocenters. The highest BCUT2D eigenvalue weighted by molar-refractivity contribution is 6.42. The molecule has 1 heterocycles. The van der Waals surface area contributed by atoms with Crippen molar-refractivity contribution < 1.29 is 14.7 Å². The second-order valence-electron chi connectivity index (χ2n) is 6.00. The summed E-state index contributed by atoms with van der Waals surface area (Å²) in [7, 11) is 0. The van der Waals surface area contributed by atoms with E-state index in [9.17, 15) is 14.7 Å². The average Bonchev–Trinajstić information content (AvgIpc) is 2.85. The fraction of sp³-hybridized carbons (Fsp3) is 0.412. The van der Waals surface area contributed by atoms with E-state index in [0.29, 0.717) is 29.4 Å². The van der Waals surface area contributed by atoms with Gasteiger partial charge in [0, 0.05) is 19.1 Å². The van der Waals surface area contributed by atoms with Crippen molar-refractivity contribution in [3.05, 3.63) is 45.1 Å². The number of nitrogens with one attached hydrogen (secondary N) is 1. The second kappa shape index (κ2) is 8.56. The molecule has 1 aliphatic rings. The number of hydrogen-bond donors (Lipinski definition) is 3. The Labute approximate surface area is 156 Å². The highest BCUT2D eigenvalue weighted by Crippen LogP contribution is 2.23. The lowest BCUT2D eigenvalue weighted by Crippen LogP contribution is -2.36. The zero-order chi connectivity index (χ0) is 18.6. The first-order valence-corrected chi connectivity index (χ1v) is 8.75. The predicted molar refractivity (Wildman–Crippen MR) is 97.7 cm³/mol. The number of nitrogens with two attached hydrogens (primary N) is 1. The van der Waals surface area contributed by atoms with E-state index < -0.39 is 17.6 Å². The third-order valence-electron chi connectivity index (χ3n) is 4.03. The minimum Gasteiger partial charge on any atom is -0.503 e. The van der Waals surface area contributed by atoms with Crippen molar-refractivity contribution in [2.75, 3.05) is 19.6 Å². The van der Waals surface area contributed by atoms with Crippen LogP contribution in [0.4, 0.5) is 0 Å². The van der Waals surface area contributed by atoms with Gasteiger partial charge in [0.15, 0.2) is 5.76 Å². The molecule has 0 fully saturated rings. The molecule has 1 aromatic carbocycles. The van der Waals surface area contributed by atoms with Crippen LogP contribution in [0.5, 0.6) is 0 Å². The summed E-state index contributed by atoms with van der Waals surface area (Å²) in [6.45, 7) is 2.51. The average molecular weight is 386 g/mol. The van der Waals surface area contributed by atoms with Gasteiger partial charge < -0.3 is 21.1 Å². The highest BCUT2D eigenvalue weighted by atomic mass is 35.5. The summed E-state index contributed by atoms with van der Waals surface area (Å²) in [6, 6.07) is 5.28. The summed E-state index contributed by atoms with van der Waals surface area (Å²) in [4.78, 5) is 25.5. The lowest BCUT2D eigenvalue weighted by atomic mass is 10.1. The summed E-state index contributed by atoms with van der Waals surface area (Å²) >= 11 is 11.9. The Balaban J connectivity index is 1.89. The van der Waals surface area contributed by atoms with Crippen LogP contribution in [0, 0.1) is 0 Å². The number of rotatable bonds is 7. The molecule has 1 unspecified atom stereocenters. The molecule has 0 saturated heterocycles. The molecule has 2 rings (SSSR count). The Bertz CT molecular complexity index is 706. The van der Waals surface area contributed by atoms with Crippen LogP contribution in [0.25, 0.3) is 0 Å². The van der Waals surface area contributed by atoms with Gasteiger partial charge in [-0.1, -0.05) is 29.3 Å². The number of amides is 2. The summed E-state index contributed by atoms with van der Waals surface area (Å²) in [5, 5.41) is 13.7. The van der Waals surface area contributed by atoms with E-state index in [2.05, 4.69) is 5.32 Å². The van der Waals surface area contributed by atoms with Crippen LogP contribution in [0.1, 0.15) is 18.9 Å². The van der Waals surface area contributed by atoms with Gasteiger partial charge in [0.25, 0.3) is 11.8 Å². The van der Waals surface area contributed by atoms with Crippen molar-refractivity contribution >= 4 is 35.0 Å². The van der Waals surface area contributed by atoms with Gasteiger partial charge in [-0.3, -0.25) is 9.59 Å². The molecule has 1 aliphatic heterocycles. The first kappa shape index (κ1) is 19.6. The molecule has 1 aromatic rings. The third-order valence-corrected chi connectivity index (χ3v) is 4.76. The first-order chi connectivity index (χ1) is 11.8. The maximum Gasteiger partial charge on any atom is 0.289 e. The monoisotopic (exact) mass is 385 g/mol. The molecule has 0 aromatic heterocycles. The van der Waals surface area contributed by atoms with Gasteiger partial charge in [-0.2, -0.15) is 0 Å². The van der Waals surface area contributed by atoms with Crippen LogP contribution >= 0.6 is 23.2 Å². The van der Waals surface area contributed by atoms with Gasteiger partial charge in [-0.05, 0) is 37.5 Å². The maximum absolute atomic E-state index is 12.3. The molecular weight excluding hydrogens is 365 g/mol. The largest absolute Gasteiger partial charge is 0.503 e. The van der Waals surface area contributed by atoms with Gasteiger partial charge >= 0.3 is 0 Å². The van der Waals surface area contributed by atoms with E-state index in [-0.39, 0.29) is 24.7 Å². The second-order valence-corrected chi connectivity index (χ2v) is 6.82. The molecule has 0 saturated carbocycles. The number of aliphatic hydroxyl groups is 1. The number of hydrogen-bond acceptors (Lipinski definition) is 4. The normalized spacial score (nSPS) is 15.7. The summed E-state index contributed by atoms with van der Waals surface area (Å²) < 4.78 is 0. The molecule has 0 bridgehead atoms. The molecule has 0 aliphatic carbocycles. The zero-order valence-corrected chi connectivity index (χ0v) is 15.4. The van der Waals surface area contributed by atoms with Crippen molar-refractivity contribution in [3.63, 3.8) is 0 Å². The van der Waals surface area contributed by atoms with Crippen molar-refractivity contribution in [3.8, 4) is 0 Å². The smallest absolute Gasteiger partial charge is 0.289 e. The van der Waals surface area contributed by atoms with Gasteiger partial charge in [-0.25, -0.2) is 0 Å². The van der Waals surface area contributed by atoms with Gasteiger partial charge in [-0.15, -0.1) is 0 Å². The van der Waals surface area contributed by atoms with E-state index >= 15 is 0 Å². The summed E-state index contributed by atoms with van der Waals surface area (Å²) in [6.07, 6.45) is 1.39. The summed E-state index contributed by atoms with van der Waals surface area (Å²) in [5.74, 6) is -1.49. The standard InChI is InChI=1S/C17H21Cl2N3O3/c1-10(2-3-11-4-5-13(18)14(19)8-11)21-16(24)12-9-22(7-6-20)17(25)15(12)23/h4-5,8,10,23H,2-3,6-7,9,20H2,1H3,(H,21,24). The molecule has 2 amide bonds. The Hall–Kier alpha value is -1.76. The molecular formula is C17H21Cl2N3O3. The lowest BCUT2D eigenvalue weighted by molar-refractivity contribution is -0.127. The number of halogens is 2. The van der Waals surface area contributed by atoms with E-state index in [1.807, 2.05) is 13.0 Å². The van der Waals surface area contributed by atoms with Crippen LogP contribution in [-0.4, -0.2) is 47.5 Å². The third kappa shape index (κ3) is 4.87. The van der Waals surface area contributed by atoms with Crippen molar-refractivity contribution in [2.24, 2.45) is 5.73 Å². The van der Waals surface area contributed by atoms with Crippen LogP contribution < -0.4 is 11.1 Å². The van der Waals surface area contributed by atoms with E-state index in [0.717, 1.165) is 5.56 Å². The van der Waals surface area contributed by atoms with Gasteiger partial charge in [0.1, 0.15) is 0 Å². The number of carbonyl (C=O) groups excluding carboxylic acids is 2. The Morgan fingerprint density at radius 1 is 1.40 bits per heavy atom. The van der Waals surface area contributed by atoms with E-state index in [4.69, 9.17) is 28.9 Å². The highest BCUT2D eigenvalue weighted by Gasteiger charge is 2.33. The molecule has 0 spiro atoms. The van der Waals surface area contributed by atoms with Crippen molar-refractivity contribution in [1.29, 1.82) is 0 Å². The lowest BCUT2D eigenvalue weighted by Gasteiger charge is -2.16. The Kier molecular flexibility index (Phi) is 6.70. The Morgan fingerprint density at radius 3 is 2.76 bits per heavy atom. The fourth-order valence-corrected chi connectivity index (χ4v) is 2.91. The van der Waals surface area contributed by atoms with Crippen LogP contribution in [-0.2, 0) is 16.0 Å². The van der Waals surface area contributed by atoms with Gasteiger partial charge in [0.05, 0.1) is 22.2 Å². The SMILES string of the molecule is CC(CCc1ccc(Cl)c(Cl)c1)NC(=O)C1=C(O)C(=O)N(CCN)C1. The number of aliphatic hydroxyl groups excluding tert-OH is 1. The topological polar surface area (TPSA) is 95.7 Å². The van der Waals surface area contributed by atoms with Crippen molar-refractivity contribution in [1.82, 2.24) is 10.2 Å². The minimum absolute atomic E-state index is 0.0766. The van der Waals surface area contributed by atoms with Crippen LogP contribution in [0.15, 0.2) is 29.5 Å². The summed E-state index contributed by atoms with van der Waals surface area (Å²) in [5.41, 5.74) is 6.52. The molecule has 136 valence electrons. The predicted octanol–water partition coefficient (Wildman–Crippen LogP) is 2.04. The van der Waals surface area contributed by atoms with E-state index in [1.165, 1.54) is 4.90 Å². The van der Waals surface area contributed by atoms with Crippen LogP contribution in [0.2, 0.25) is 10.0 Å². The molecule has 6 nitrogen and oxygen atoms in total. The quantitative estimate of drug-likeness (QED) is 0.668. The van der Waals surface area contributed by atoms with E-state index in [1.54, 1.807) is 12.1 Å². The number of carbonyl (C=O) groups is 2.